The molecule has 0 heterocycles. The maximum atomic E-state index is 3.74. The summed E-state index contributed by atoms with van der Waals surface area (Å²) in [5, 5.41) is 3.03. The summed E-state index contributed by atoms with van der Waals surface area (Å²) in [7, 11) is -2.49. The molecule has 0 unspecified atom stereocenters. The van der Waals surface area contributed by atoms with Crippen molar-refractivity contribution in [2.45, 2.75) is 73.4 Å². The monoisotopic (exact) mass is 604 g/mol. The van der Waals surface area contributed by atoms with Gasteiger partial charge in [-0.3, -0.25) is 0 Å². The third-order valence-corrected chi connectivity index (χ3v) is 9.73. The minimum atomic E-state index is -1.27. The summed E-state index contributed by atoms with van der Waals surface area (Å²) in [5.74, 6) is 0. The Morgan fingerprint density at radius 1 is 0.824 bits per heavy atom. The predicted molar refractivity (Wildman–Crippen MR) is 147 cm³/mol. The molecule has 0 nitrogen and oxygen atoms in total. The molecular formula is C29H40Cl2Si2Zr-2. The Kier molecular flexibility index (Phi) is 13.6. The number of hydrogen-bond acceptors (Lipinski definition) is 0. The van der Waals surface area contributed by atoms with Crippen molar-refractivity contribution < 1.29 is 49.0 Å². The molecule has 0 saturated heterocycles. The Bertz CT molecular complexity index is 1000. The number of halogens is 2. The second-order valence-electron chi connectivity index (χ2n) is 11.2. The van der Waals surface area contributed by atoms with E-state index in [-0.39, 0.29) is 24.8 Å². The van der Waals surface area contributed by atoms with Gasteiger partial charge in [-0.25, -0.2) is 0 Å². The van der Waals surface area contributed by atoms with Crippen molar-refractivity contribution in [2.75, 3.05) is 0 Å². The minimum absolute atomic E-state index is 0. The minimum Gasteiger partial charge on any atom is -1.00 e. The van der Waals surface area contributed by atoms with Gasteiger partial charge >= 0.3 is 41.3 Å². The van der Waals surface area contributed by atoms with Gasteiger partial charge in [0.15, 0.2) is 0 Å². The van der Waals surface area contributed by atoms with Gasteiger partial charge in [0.1, 0.15) is 0 Å². The van der Waals surface area contributed by atoms with Crippen molar-refractivity contribution in [2.24, 2.45) is 0 Å². The molecule has 184 valence electrons. The molecule has 0 bridgehead atoms. The molecule has 1 aliphatic rings. The van der Waals surface area contributed by atoms with Crippen LogP contribution in [0.1, 0.15) is 36.1 Å². The average Bonchev–Trinajstić information content (AvgIpc) is 3.21. The van der Waals surface area contributed by atoms with Crippen molar-refractivity contribution in [1.29, 1.82) is 0 Å². The molecule has 3 aromatic rings. The molecule has 0 amide bonds. The normalized spacial score (nSPS) is 11.4. The van der Waals surface area contributed by atoms with E-state index in [0.717, 1.165) is 6.42 Å². The van der Waals surface area contributed by atoms with E-state index >= 15 is 0 Å². The van der Waals surface area contributed by atoms with Gasteiger partial charge in [-0.05, 0) is 6.42 Å². The van der Waals surface area contributed by atoms with Crippen LogP contribution in [0.15, 0.2) is 48.5 Å². The van der Waals surface area contributed by atoms with Crippen LogP contribution in [0.4, 0.5) is 0 Å². The number of rotatable bonds is 2. The SMILES string of the molecule is C[C](C)=[Zr+2].C[Si](C)(C)c1[c-]c2c(cc1)-c1ccc([Si](C)(C)C)cc1C2.Cc1c[cH-]cc1C.[Cl-].[Cl-]. The summed E-state index contributed by atoms with van der Waals surface area (Å²) < 4.78 is 1.51. The van der Waals surface area contributed by atoms with Crippen molar-refractivity contribution >= 4 is 29.7 Å². The van der Waals surface area contributed by atoms with Crippen LogP contribution in [0.5, 0.6) is 0 Å². The molecule has 5 heteroatoms. The van der Waals surface area contributed by atoms with Gasteiger partial charge in [-0.2, -0.15) is 58.3 Å². The van der Waals surface area contributed by atoms with Gasteiger partial charge in [0.2, 0.25) is 0 Å². The van der Waals surface area contributed by atoms with Crippen LogP contribution < -0.4 is 35.2 Å². The number of benzene rings is 2. The van der Waals surface area contributed by atoms with E-state index in [1.54, 1.807) is 29.4 Å². The Labute approximate surface area is 238 Å². The summed E-state index contributed by atoms with van der Waals surface area (Å²) >= 11 is 1.55. The van der Waals surface area contributed by atoms with E-state index in [9.17, 15) is 0 Å². The summed E-state index contributed by atoms with van der Waals surface area (Å²) in [4.78, 5) is 0. The zero-order valence-electron chi connectivity index (χ0n) is 22.6. The van der Waals surface area contributed by atoms with Gasteiger partial charge < -0.3 is 24.8 Å². The van der Waals surface area contributed by atoms with Crippen LogP contribution in [0.2, 0.25) is 39.3 Å². The maximum absolute atomic E-state index is 3.74. The van der Waals surface area contributed by atoms with Gasteiger partial charge in [0, 0.05) is 0 Å². The molecular weight excluding hydrogens is 567 g/mol. The first-order chi connectivity index (χ1) is 14.7. The quantitative estimate of drug-likeness (QED) is 0.235. The third kappa shape index (κ3) is 9.55. The molecule has 0 aromatic heterocycles. The van der Waals surface area contributed by atoms with Crippen molar-refractivity contribution in [3.63, 3.8) is 0 Å². The fourth-order valence-corrected chi connectivity index (χ4v) is 5.93. The molecule has 0 saturated carbocycles. The fourth-order valence-electron chi connectivity index (χ4n) is 3.63. The van der Waals surface area contributed by atoms with Crippen LogP contribution >= 0.6 is 0 Å². The third-order valence-electron chi connectivity index (χ3n) is 5.78. The molecule has 0 radical (unpaired) electrons. The largest absolute Gasteiger partial charge is 1.00 e. The number of aryl methyl sites for hydroxylation is 2. The molecule has 0 spiro atoms. The zero-order chi connectivity index (χ0) is 24.3. The standard InChI is InChI=1S/C19H25Si2.C7H9.C3H6.2ClH.Zr/c1-20(2,3)16-7-9-18-14(12-16)11-15-13-17(21(4,5)6)8-10-19(15)18;1-6-4-3-5-7(6)2;1-3-2;;;/h7-10,12H,11H2,1-6H3;3-5H,1-2H3;1-2H3;2*1H;/q2*-1;;;;+2/p-2. The van der Waals surface area contributed by atoms with Gasteiger partial charge in [-0.15, -0.1) is 5.56 Å². The Morgan fingerprint density at radius 3 is 1.74 bits per heavy atom. The molecule has 4 rings (SSSR count). The summed E-state index contributed by atoms with van der Waals surface area (Å²) in [6.07, 6.45) is 1.07. The van der Waals surface area contributed by atoms with E-state index in [2.05, 4.69) is 122 Å². The summed E-state index contributed by atoms with van der Waals surface area (Å²) in [6, 6.07) is 21.9. The fraction of sp³-hybridized carbons (Fsp3) is 0.379. The van der Waals surface area contributed by atoms with E-state index in [1.807, 2.05) is 0 Å². The first kappa shape index (κ1) is 33.6. The maximum Gasteiger partial charge on any atom is 0.0776 e. The van der Waals surface area contributed by atoms with Gasteiger partial charge in [0.05, 0.1) is 16.1 Å². The number of fused-ring (bicyclic) bond motifs is 3. The average molecular weight is 607 g/mol. The van der Waals surface area contributed by atoms with Crippen LogP contribution in [0, 0.1) is 19.9 Å². The number of hydrogen-bond donors (Lipinski definition) is 0. The second kappa shape index (κ2) is 13.8. The van der Waals surface area contributed by atoms with E-state index in [1.165, 1.54) is 41.8 Å². The Hall–Kier alpha value is -0.443. The first-order valence-corrected chi connectivity index (χ1v) is 19.8. The van der Waals surface area contributed by atoms with Gasteiger partial charge in [-0.1, -0.05) is 87.6 Å². The Morgan fingerprint density at radius 2 is 1.32 bits per heavy atom. The van der Waals surface area contributed by atoms with Crippen LogP contribution in [0.3, 0.4) is 0 Å². The van der Waals surface area contributed by atoms with E-state index in [4.69, 9.17) is 0 Å². The summed E-state index contributed by atoms with van der Waals surface area (Å²) in [5.41, 5.74) is 8.55. The predicted octanol–water partition coefficient (Wildman–Crippen LogP) is 0.924. The molecule has 0 atom stereocenters. The smallest absolute Gasteiger partial charge is 0.0776 e. The molecule has 3 aromatic carbocycles. The molecule has 34 heavy (non-hydrogen) atoms. The molecule has 0 aliphatic heterocycles. The van der Waals surface area contributed by atoms with Gasteiger partial charge in [0.25, 0.3) is 0 Å². The van der Waals surface area contributed by atoms with Crippen molar-refractivity contribution in [3.05, 3.63) is 76.9 Å². The van der Waals surface area contributed by atoms with Crippen molar-refractivity contribution in [1.82, 2.24) is 0 Å². The second-order valence-corrected chi connectivity index (χ2v) is 23.8. The van der Waals surface area contributed by atoms with Crippen LogP contribution in [0.25, 0.3) is 11.1 Å². The Balaban J connectivity index is 0.000000702. The summed E-state index contributed by atoms with van der Waals surface area (Å²) in [6.45, 7) is 23.0. The topological polar surface area (TPSA) is 0 Å². The van der Waals surface area contributed by atoms with E-state index in [0.29, 0.717) is 0 Å². The molecule has 0 fully saturated rings. The van der Waals surface area contributed by atoms with E-state index < -0.39 is 16.1 Å². The molecule has 1 aliphatic carbocycles. The van der Waals surface area contributed by atoms with Crippen LogP contribution in [-0.2, 0) is 30.7 Å². The van der Waals surface area contributed by atoms with Crippen LogP contribution in [-0.4, -0.2) is 19.4 Å². The zero-order valence-corrected chi connectivity index (χ0v) is 28.6. The van der Waals surface area contributed by atoms with Crippen molar-refractivity contribution in [3.8, 4) is 11.1 Å². The molecule has 0 N–H and O–H groups in total. The first-order valence-electron chi connectivity index (χ1n) is 11.6.